The number of Topliss-reactive ketones (excluding diaryl/α,β-unsaturated/α-hetero) is 1. The topological polar surface area (TPSA) is 109 Å². The SMILES string of the molecule is CCSCCOC(=O)C1=C(C)NC2=C(C(=O)[C@@H](C(=O)OC)[C@@H](C)C2)[C@@H]1c1cc(OC)c(OC)cc1OC. The Labute approximate surface area is 221 Å². The van der Waals surface area contributed by atoms with Gasteiger partial charge < -0.3 is 29.0 Å². The highest BCUT2D eigenvalue weighted by molar-refractivity contribution is 7.99. The molecule has 3 rings (SSSR count). The van der Waals surface area contributed by atoms with Gasteiger partial charge in [-0.3, -0.25) is 9.59 Å². The molecule has 0 radical (unpaired) electrons. The highest BCUT2D eigenvalue weighted by atomic mass is 32.2. The van der Waals surface area contributed by atoms with E-state index in [-0.39, 0.29) is 18.1 Å². The van der Waals surface area contributed by atoms with Gasteiger partial charge in [0.1, 0.15) is 18.3 Å². The fourth-order valence-corrected chi connectivity index (χ4v) is 5.45. The summed E-state index contributed by atoms with van der Waals surface area (Å²) in [6, 6.07) is 3.35. The maximum absolute atomic E-state index is 13.9. The molecule has 0 spiro atoms. The smallest absolute Gasteiger partial charge is 0.336 e. The second-order valence-electron chi connectivity index (χ2n) is 8.82. The predicted octanol–water partition coefficient (Wildman–Crippen LogP) is 3.62. The average Bonchev–Trinajstić information content (AvgIpc) is 2.89. The number of ketones is 1. The number of allylic oxidation sites excluding steroid dienone is 3. The number of dihydropyridines is 1. The minimum atomic E-state index is -0.990. The lowest BCUT2D eigenvalue weighted by molar-refractivity contribution is -0.151. The highest BCUT2D eigenvalue weighted by Crippen LogP contribution is 2.49. The summed E-state index contributed by atoms with van der Waals surface area (Å²) >= 11 is 1.66. The molecular weight excluding hydrogens is 498 g/mol. The molecule has 1 heterocycles. The van der Waals surface area contributed by atoms with Gasteiger partial charge in [-0.25, -0.2) is 4.79 Å². The summed E-state index contributed by atoms with van der Waals surface area (Å²) in [5, 5.41) is 3.26. The lowest BCUT2D eigenvalue weighted by atomic mass is 9.69. The summed E-state index contributed by atoms with van der Waals surface area (Å²) < 4.78 is 27.3. The number of benzene rings is 1. The maximum atomic E-state index is 13.9. The summed E-state index contributed by atoms with van der Waals surface area (Å²) in [5.41, 5.74) is 2.35. The van der Waals surface area contributed by atoms with E-state index >= 15 is 0 Å². The molecule has 1 aliphatic heterocycles. The molecule has 0 fully saturated rings. The summed E-state index contributed by atoms with van der Waals surface area (Å²) in [4.78, 5) is 40.1. The van der Waals surface area contributed by atoms with Gasteiger partial charge in [0.2, 0.25) is 0 Å². The number of thioether (sulfide) groups is 1. The zero-order valence-corrected chi connectivity index (χ0v) is 23.2. The number of nitrogens with one attached hydrogen (secondary N) is 1. The molecule has 0 unspecified atom stereocenters. The molecule has 0 saturated heterocycles. The number of carbonyl (C=O) groups is 3. The molecule has 0 aromatic heterocycles. The Bertz CT molecular complexity index is 1130. The summed E-state index contributed by atoms with van der Waals surface area (Å²) in [6.45, 7) is 5.88. The van der Waals surface area contributed by atoms with Gasteiger partial charge in [0.25, 0.3) is 0 Å². The number of ether oxygens (including phenoxy) is 5. The van der Waals surface area contributed by atoms with Gasteiger partial charge in [0.05, 0.1) is 39.9 Å². The molecule has 1 N–H and O–H groups in total. The molecule has 1 aromatic rings. The van der Waals surface area contributed by atoms with Crippen LogP contribution in [0.3, 0.4) is 0 Å². The van der Waals surface area contributed by atoms with Crippen LogP contribution in [-0.4, -0.2) is 64.3 Å². The Morgan fingerprint density at radius 3 is 2.30 bits per heavy atom. The lowest BCUT2D eigenvalue weighted by Gasteiger charge is -2.38. The minimum Gasteiger partial charge on any atom is -0.496 e. The van der Waals surface area contributed by atoms with E-state index in [0.29, 0.717) is 52.0 Å². The second-order valence-corrected chi connectivity index (χ2v) is 10.2. The fourth-order valence-electron chi connectivity index (χ4n) is 4.96. The van der Waals surface area contributed by atoms with Crippen molar-refractivity contribution in [3.63, 3.8) is 0 Å². The van der Waals surface area contributed by atoms with Gasteiger partial charge in [-0.15, -0.1) is 0 Å². The first kappa shape index (κ1) is 28.4. The molecule has 0 amide bonds. The Morgan fingerprint density at radius 1 is 1.05 bits per heavy atom. The summed E-state index contributed by atoms with van der Waals surface area (Å²) in [5.74, 6) is -0.873. The zero-order valence-electron chi connectivity index (χ0n) is 22.4. The monoisotopic (exact) mass is 533 g/mol. The Balaban J connectivity index is 2.23. The molecule has 2 aliphatic rings. The molecule has 10 heteroatoms. The molecule has 0 saturated carbocycles. The van der Waals surface area contributed by atoms with Crippen molar-refractivity contribution in [1.29, 1.82) is 0 Å². The maximum Gasteiger partial charge on any atom is 0.336 e. The zero-order chi connectivity index (χ0) is 27.3. The average molecular weight is 534 g/mol. The largest absolute Gasteiger partial charge is 0.496 e. The Hall–Kier alpha value is -3.14. The van der Waals surface area contributed by atoms with Crippen LogP contribution in [0.15, 0.2) is 34.7 Å². The normalized spacial score (nSPS) is 21.2. The summed E-state index contributed by atoms with van der Waals surface area (Å²) in [6.07, 6.45) is 0.430. The first-order valence-electron chi connectivity index (χ1n) is 12.1. The van der Waals surface area contributed by atoms with Crippen molar-refractivity contribution in [3.05, 3.63) is 40.2 Å². The van der Waals surface area contributed by atoms with Crippen LogP contribution in [-0.2, 0) is 23.9 Å². The van der Waals surface area contributed by atoms with Crippen molar-refractivity contribution in [2.75, 3.05) is 46.6 Å². The third kappa shape index (κ3) is 5.58. The van der Waals surface area contributed by atoms with E-state index in [1.807, 2.05) is 13.8 Å². The van der Waals surface area contributed by atoms with Crippen LogP contribution in [0.25, 0.3) is 0 Å². The quantitative estimate of drug-likeness (QED) is 0.272. The molecule has 3 atom stereocenters. The molecule has 1 aliphatic carbocycles. The van der Waals surface area contributed by atoms with Gasteiger partial charge in [0.15, 0.2) is 17.3 Å². The summed E-state index contributed by atoms with van der Waals surface area (Å²) in [7, 11) is 5.78. The third-order valence-corrected chi connectivity index (χ3v) is 7.54. The van der Waals surface area contributed by atoms with E-state index in [1.54, 1.807) is 30.8 Å². The van der Waals surface area contributed by atoms with Crippen molar-refractivity contribution in [3.8, 4) is 17.2 Å². The number of methoxy groups -OCH3 is 4. The second kappa shape index (κ2) is 12.4. The number of hydrogen-bond acceptors (Lipinski definition) is 10. The number of carbonyl (C=O) groups excluding carboxylic acids is 3. The number of esters is 2. The molecule has 0 bridgehead atoms. The predicted molar refractivity (Wildman–Crippen MR) is 140 cm³/mol. The van der Waals surface area contributed by atoms with Crippen LogP contribution in [0.2, 0.25) is 0 Å². The van der Waals surface area contributed by atoms with Crippen molar-refractivity contribution >= 4 is 29.5 Å². The van der Waals surface area contributed by atoms with Crippen molar-refractivity contribution < 1.29 is 38.1 Å². The van der Waals surface area contributed by atoms with Crippen LogP contribution in [0.4, 0.5) is 0 Å². The van der Waals surface area contributed by atoms with Crippen LogP contribution >= 0.6 is 11.8 Å². The van der Waals surface area contributed by atoms with Crippen LogP contribution in [0, 0.1) is 11.8 Å². The van der Waals surface area contributed by atoms with Gasteiger partial charge in [0, 0.05) is 34.3 Å². The van der Waals surface area contributed by atoms with Crippen LogP contribution in [0.1, 0.15) is 38.7 Å². The lowest BCUT2D eigenvalue weighted by Crippen LogP contribution is -2.43. The minimum absolute atomic E-state index is 0.228. The van der Waals surface area contributed by atoms with Crippen molar-refractivity contribution in [2.24, 2.45) is 11.8 Å². The molecule has 1 aromatic carbocycles. The highest BCUT2D eigenvalue weighted by Gasteiger charge is 2.48. The molecule has 9 nitrogen and oxygen atoms in total. The van der Waals surface area contributed by atoms with E-state index in [1.165, 1.54) is 28.4 Å². The van der Waals surface area contributed by atoms with Crippen LogP contribution in [0.5, 0.6) is 17.2 Å². The number of hydrogen-bond donors (Lipinski definition) is 1. The first-order chi connectivity index (χ1) is 17.7. The van der Waals surface area contributed by atoms with E-state index in [2.05, 4.69) is 5.32 Å². The van der Waals surface area contributed by atoms with Crippen LogP contribution < -0.4 is 19.5 Å². The van der Waals surface area contributed by atoms with Gasteiger partial charge in [-0.05, 0) is 31.1 Å². The van der Waals surface area contributed by atoms with Crippen molar-refractivity contribution in [1.82, 2.24) is 5.32 Å². The van der Waals surface area contributed by atoms with Gasteiger partial charge in [-0.2, -0.15) is 11.8 Å². The van der Waals surface area contributed by atoms with Crippen molar-refractivity contribution in [2.45, 2.75) is 33.1 Å². The number of rotatable bonds is 10. The van der Waals surface area contributed by atoms with E-state index < -0.39 is 29.6 Å². The standard InChI is InChI=1S/C27H35NO8S/c1-8-37-10-9-36-27(31)22-15(3)28-17-11-14(2)21(26(30)35-7)25(29)24(17)23(22)16-12-19(33-5)20(34-6)13-18(16)32-4/h12-14,21,23,28H,8-11H2,1-7H3/t14-,21-,23+/m0/s1. The molecule has 37 heavy (non-hydrogen) atoms. The molecular formula is C27H35NO8S. The van der Waals surface area contributed by atoms with Gasteiger partial charge >= 0.3 is 11.9 Å². The fraction of sp³-hybridized carbons (Fsp3) is 0.519. The third-order valence-electron chi connectivity index (χ3n) is 6.67. The molecule has 202 valence electrons. The van der Waals surface area contributed by atoms with E-state index in [4.69, 9.17) is 23.7 Å². The van der Waals surface area contributed by atoms with E-state index in [9.17, 15) is 14.4 Å². The Morgan fingerprint density at radius 2 is 1.70 bits per heavy atom. The Kier molecular flexibility index (Phi) is 9.53. The van der Waals surface area contributed by atoms with E-state index in [0.717, 1.165) is 5.75 Å². The van der Waals surface area contributed by atoms with Gasteiger partial charge in [-0.1, -0.05) is 13.8 Å². The first-order valence-corrected chi connectivity index (χ1v) is 13.3.